The molecule has 0 saturated heterocycles. The van der Waals surface area contributed by atoms with Gasteiger partial charge in [-0.05, 0) is 111 Å². The predicted molar refractivity (Wildman–Crippen MR) is 304 cm³/mol. The molecule has 6 aromatic rings. The number of hydrogen-bond donors (Lipinski definition) is 0. The van der Waals surface area contributed by atoms with E-state index in [1.54, 1.807) is 41.5 Å². The van der Waals surface area contributed by atoms with E-state index in [1.807, 2.05) is 0 Å². The van der Waals surface area contributed by atoms with Gasteiger partial charge in [-0.25, -0.2) is 29.1 Å². The van der Waals surface area contributed by atoms with Gasteiger partial charge < -0.3 is 28.4 Å². The first kappa shape index (κ1) is 73.1. The van der Waals surface area contributed by atoms with Gasteiger partial charge in [-0.2, -0.15) is 0 Å². The Labute approximate surface area is 498 Å². The molecule has 30 nitrogen and oxygen atoms in total. The summed E-state index contributed by atoms with van der Waals surface area (Å²) >= 11 is 0. The summed E-state index contributed by atoms with van der Waals surface area (Å²) in [4.78, 5) is 79.7. The molecule has 6 aromatic carbocycles. The normalized spacial score (nSPS) is 9.11. The number of methoxy groups -OCH3 is 6. The predicted octanol–water partition coefficient (Wildman–Crippen LogP) is 14.8. The van der Waals surface area contributed by atoms with Crippen LogP contribution in [0.3, 0.4) is 0 Å². The Morgan fingerprint density at radius 3 is 0.447 bits per heavy atom. The third-order valence-corrected chi connectivity index (χ3v) is 10.9. The SMILES string of the molecule is [99Tc].[C-]#[N+]c1cc(OC)c([N+](=O)[O-])cc1C.[C-]#[N+]c1cc(OC)c([N+](=O)[O-])cc1C.[C-]#[N+]c1cc(OC)c([N+](=O)[O-])cc1C.[C-]#[N+]c1cc(OC)c([N+](=O)[O-])cc1C.[C-]#[N+]c1cc(OC)c([N+](=O)[O-])cc1C.[C-]#[N+]c1cc(OC)c([N+](=O)[O-])cc1C. The van der Waals surface area contributed by atoms with Crippen LogP contribution in [0, 0.1) is 142 Å². The zero-order chi connectivity index (χ0) is 64.3. The summed E-state index contributed by atoms with van der Waals surface area (Å²) in [5, 5.41) is 63.5. The smallest absolute Gasteiger partial charge is 0.308 e. The maximum atomic E-state index is 10.6. The average Bonchev–Trinajstić information content (AvgIpc) is 3.69. The van der Waals surface area contributed by atoms with Crippen molar-refractivity contribution >= 4 is 68.2 Å². The summed E-state index contributed by atoms with van der Waals surface area (Å²) in [5.41, 5.74) is 4.99. The van der Waals surface area contributed by atoms with E-state index in [0.717, 1.165) is 0 Å². The summed E-state index contributed by atoms with van der Waals surface area (Å²) < 4.78 is 28.9. The Hall–Kier alpha value is -11.9. The Balaban J connectivity index is 0.000000994. The van der Waals surface area contributed by atoms with Crippen LogP contribution >= 0.6 is 0 Å². The maximum absolute atomic E-state index is 10.6. The number of aryl methyl sites for hydroxylation is 6. The third kappa shape index (κ3) is 20.3. The molecule has 0 atom stereocenters. The van der Waals surface area contributed by atoms with E-state index in [0.29, 0.717) is 67.5 Å². The largest absolute Gasteiger partial charge is 0.491 e. The Morgan fingerprint density at radius 2 is 0.376 bits per heavy atom. The molecule has 0 unspecified atom stereocenters. The first-order chi connectivity index (χ1) is 39.6. The van der Waals surface area contributed by atoms with Crippen molar-refractivity contribution in [3.8, 4) is 34.5 Å². The van der Waals surface area contributed by atoms with Crippen molar-refractivity contribution in [1.82, 2.24) is 0 Å². The number of benzene rings is 6. The summed E-state index contributed by atoms with van der Waals surface area (Å²) in [6.07, 6.45) is 0. The molecule has 0 saturated carbocycles. The summed E-state index contributed by atoms with van der Waals surface area (Å²) in [6, 6.07) is 16.3. The van der Waals surface area contributed by atoms with Gasteiger partial charge in [0.1, 0.15) is 0 Å². The van der Waals surface area contributed by atoms with Crippen molar-refractivity contribution in [3.63, 3.8) is 0 Å². The second kappa shape index (κ2) is 35.0. The van der Waals surface area contributed by atoms with E-state index in [1.165, 1.54) is 115 Å². The Bertz CT molecular complexity index is 3160. The number of ether oxygens (including phenoxy) is 6. The molecule has 0 bridgehead atoms. The van der Waals surface area contributed by atoms with Crippen molar-refractivity contribution in [1.29, 1.82) is 0 Å². The number of hydrogen-bond acceptors (Lipinski definition) is 18. The molecule has 0 fully saturated rings. The van der Waals surface area contributed by atoms with Crippen LogP contribution in [0.4, 0.5) is 68.2 Å². The molecule has 439 valence electrons. The molecule has 0 aliphatic rings. The van der Waals surface area contributed by atoms with Crippen LogP contribution in [0.15, 0.2) is 72.8 Å². The van der Waals surface area contributed by atoms with Gasteiger partial charge in [0, 0.05) is 56.5 Å². The average molecular weight is 1250 g/mol. The van der Waals surface area contributed by atoms with E-state index in [4.69, 9.17) is 67.9 Å². The molecular formula is C54H48N12O18Tc. The second-order valence-electron chi connectivity index (χ2n) is 16.1. The van der Waals surface area contributed by atoms with Crippen LogP contribution in [0.2, 0.25) is 0 Å². The monoisotopic (exact) mass is 1250 g/mol. The topological polar surface area (TPSA) is 340 Å². The van der Waals surface area contributed by atoms with Crippen molar-refractivity contribution in [3.05, 3.63) is 235 Å². The molecule has 0 heterocycles. The summed E-state index contributed by atoms with van der Waals surface area (Å²) in [5.74, 6) is 0.703. The zero-order valence-corrected chi connectivity index (χ0v) is 48.9. The van der Waals surface area contributed by atoms with Gasteiger partial charge in [0.05, 0.1) is 112 Å². The third-order valence-electron chi connectivity index (χ3n) is 10.9. The van der Waals surface area contributed by atoms with Gasteiger partial charge >= 0.3 is 34.1 Å². The summed E-state index contributed by atoms with van der Waals surface area (Å²) in [7, 11) is 8.03. The first-order valence-corrected chi connectivity index (χ1v) is 22.8. The quantitative estimate of drug-likeness (QED) is 0.0624. The zero-order valence-electron chi connectivity index (χ0n) is 47.0. The van der Waals surface area contributed by atoms with Gasteiger partial charge in [0.2, 0.25) is 0 Å². The van der Waals surface area contributed by atoms with Gasteiger partial charge in [-0.3, -0.25) is 60.7 Å². The molecule has 85 heavy (non-hydrogen) atoms. The molecule has 0 amide bonds. The molecule has 0 aliphatic heterocycles. The van der Waals surface area contributed by atoms with Crippen molar-refractivity contribution in [2.45, 2.75) is 41.5 Å². The number of nitro groups is 6. The van der Waals surface area contributed by atoms with Crippen LogP contribution < -0.4 is 28.4 Å². The Kier molecular flexibility index (Phi) is 30.1. The maximum Gasteiger partial charge on any atom is 0.308 e. The van der Waals surface area contributed by atoms with Crippen LogP contribution in [0.5, 0.6) is 34.5 Å². The Morgan fingerprint density at radius 1 is 0.271 bits per heavy atom. The van der Waals surface area contributed by atoms with E-state index in [-0.39, 0.29) is 88.7 Å². The molecule has 0 aliphatic carbocycles. The van der Waals surface area contributed by atoms with Crippen molar-refractivity contribution < 1.29 is 78.1 Å². The minimum absolute atomic E-state index is 0. The van der Waals surface area contributed by atoms with E-state index >= 15 is 0 Å². The molecule has 0 N–H and O–H groups in total. The van der Waals surface area contributed by atoms with E-state index in [9.17, 15) is 60.7 Å². The fraction of sp³-hybridized carbons (Fsp3) is 0.222. The second-order valence-corrected chi connectivity index (χ2v) is 16.1. The first-order valence-electron chi connectivity index (χ1n) is 22.8. The van der Waals surface area contributed by atoms with Crippen molar-refractivity contribution in [2.75, 3.05) is 42.7 Å². The minimum Gasteiger partial charge on any atom is -0.491 e. The van der Waals surface area contributed by atoms with Gasteiger partial charge in [-0.15, -0.1) is 0 Å². The standard InChI is InChI=1S/6C9H8N2O3.Tc/c6*1-6-4-8(11(12)13)9(14-3)5-7(6)10-2;/h6*4-5H,1,3H3;/i;;;;;;1+1. The van der Waals surface area contributed by atoms with Crippen LogP contribution in [-0.4, -0.2) is 72.2 Å². The molecular weight excluding hydrogens is 1200 g/mol. The molecule has 6 rings (SSSR count). The molecule has 0 spiro atoms. The number of nitrogens with zero attached hydrogens (tertiary/aromatic N) is 12. The van der Waals surface area contributed by atoms with E-state index < -0.39 is 29.5 Å². The fourth-order valence-electron chi connectivity index (χ4n) is 6.53. The van der Waals surface area contributed by atoms with Crippen LogP contribution in [-0.2, 0) is 20.1 Å². The molecule has 31 heteroatoms. The van der Waals surface area contributed by atoms with E-state index in [2.05, 4.69) is 29.1 Å². The van der Waals surface area contributed by atoms with Crippen LogP contribution in [0.1, 0.15) is 33.4 Å². The van der Waals surface area contributed by atoms with Gasteiger partial charge in [-0.1, -0.05) is 0 Å². The van der Waals surface area contributed by atoms with Crippen molar-refractivity contribution in [2.24, 2.45) is 0 Å². The van der Waals surface area contributed by atoms with Crippen LogP contribution in [0.25, 0.3) is 29.1 Å². The number of rotatable bonds is 12. The van der Waals surface area contributed by atoms with Gasteiger partial charge in [0.25, 0.3) is 0 Å². The minimum atomic E-state index is -0.528. The fourth-order valence-corrected chi connectivity index (χ4v) is 6.53. The van der Waals surface area contributed by atoms with Gasteiger partial charge in [0.15, 0.2) is 68.6 Å². The summed E-state index contributed by atoms with van der Waals surface area (Å²) in [6.45, 7) is 50.9. The molecule has 0 aromatic heterocycles. The number of nitro benzene ring substituents is 6. The molecule has 1 radical (unpaired) electrons.